The number of aromatic hydroxyl groups is 2. The van der Waals surface area contributed by atoms with E-state index in [1.54, 1.807) is 0 Å². The van der Waals surface area contributed by atoms with Gasteiger partial charge < -0.3 is 15.1 Å². The van der Waals surface area contributed by atoms with Crippen molar-refractivity contribution in [1.29, 1.82) is 0 Å². The smallest absolute Gasteiger partial charge is 0.258 e. The number of halogens is 2. The summed E-state index contributed by atoms with van der Waals surface area (Å²) in [4.78, 5) is 13.7. The fourth-order valence-corrected chi connectivity index (χ4v) is 4.23. The Kier molecular flexibility index (Phi) is 4.79. The van der Waals surface area contributed by atoms with E-state index in [0.29, 0.717) is 5.56 Å². The normalized spacial score (nSPS) is 14.1. The number of fused-ring (bicyclic) bond motifs is 1. The van der Waals surface area contributed by atoms with Crippen molar-refractivity contribution in [1.82, 2.24) is 9.21 Å². The maximum Gasteiger partial charge on any atom is 0.258 e. The molecule has 2 N–H and O–H groups in total. The minimum Gasteiger partial charge on any atom is -0.504 e. The molecule has 0 aromatic heterocycles. The molecule has 144 valence electrons. The molecule has 1 aliphatic rings. The number of phenolic OH excluding ortho intramolecular Hbond substituents is 2. The van der Waals surface area contributed by atoms with Gasteiger partial charge in [-0.15, -0.1) is 0 Å². The number of carbonyl (C=O) groups is 1. The zero-order chi connectivity index (χ0) is 20.1. The van der Waals surface area contributed by atoms with Crippen molar-refractivity contribution in [3.05, 3.63) is 51.8 Å². The summed E-state index contributed by atoms with van der Waals surface area (Å²) in [5, 5.41) is 19.9. The maximum atomic E-state index is 13.3. The molecule has 0 fully saturated rings. The van der Waals surface area contributed by atoms with Crippen LogP contribution in [0.2, 0.25) is 5.02 Å². The predicted molar refractivity (Wildman–Crippen MR) is 95.6 cm³/mol. The average molecular weight is 415 g/mol. The maximum absolute atomic E-state index is 13.3. The minimum atomic E-state index is -3.96. The lowest BCUT2D eigenvalue weighted by atomic mass is 10.1. The van der Waals surface area contributed by atoms with Crippen LogP contribution >= 0.6 is 11.6 Å². The summed E-state index contributed by atoms with van der Waals surface area (Å²) in [6.07, 6.45) is 0. The topological polar surface area (TPSA) is 98.2 Å². The van der Waals surface area contributed by atoms with Gasteiger partial charge in [-0.3, -0.25) is 4.79 Å². The van der Waals surface area contributed by atoms with E-state index < -0.39 is 33.2 Å². The number of hydrogen-bond donors (Lipinski definition) is 2. The highest BCUT2D eigenvalue weighted by molar-refractivity contribution is 7.89. The van der Waals surface area contributed by atoms with E-state index in [1.807, 2.05) is 0 Å². The van der Waals surface area contributed by atoms with Gasteiger partial charge in [0, 0.05) is 38.8 Å². The monoisotopic (exact) mass is 414 g/mol. The Morgan fingerprint density at radius 1 is 1.26 bits per heavy atom. The molecule has 10 heteroatoms. The first-order valence-corrected chi connectivity index (χ1v) is 9.59. The van der Waals surface area contributed by atoms with Crippen LogP contribution in [0.4, 0.5) is 4.39 Å². The lowest BCUT2D eigenvalue weighted by Crippen LogP contribution is -2.24. The third kappa shape index (κ3) is 3.22. The highest BCUT2D eigenvalue weighted by Crippen LogP contribution is 2.42. The zero-order valence-electron chi connectivity index (χ0n) is 14.4. The second kappa shape index (κ2) is 6.66. The van der Waals surface area contributed by atoms with Crippen LogP contribution in [-0.4, -0.2) is 47.8 Å². The molecule has 7 nitrogen and oxygen atoms in total. The lowest BCUT2D eigenvalue weighted by Gasteiger charge is -2.17. The van der Waals surface area contributed by atoms with Crippen molar-refractivity contribution >= 4 is 27.5 Å². The van der Waals surface area contributed by atoms with E-state index in [1.165, 1.54) is 31.1 Å². The van der Waals surface area contributed by atoms with Gasteiger partial charge in [0.05, 0.1) is 15.5 Å². The average Bonchev–Trinajstić information content (AvgIpc) is 2.91. The molecule has 27 heavy (non-hydrogen) atoms. The second-order valence-electron chi connectivity index (χ2n) is 6.29. The van der Waals surface area contributed by atoms with Crippen LogP contribution in [0.5, 0.6) is 11.5 Å². The van der Waals surface area contributed by atoms with Gasteiger partial charge in [-0.2, -0.15) is 0 Å². The first kappa shape index (κ1) is 19.4. The standard InChI is InChI=1S/C17H16ClFN2O5S/c1-20(2)27(25,26)14-6-13(22)16(23)15-10(14)8-21(17(15)24)7-9-3-4-12(19)11(18)5-9/h3-6,22-23H,7-8H2,1-2H3. The lowest BCUT2D eigenvalue weighted by molar-refractivity contribution is 0.0764. The molecule has 0 aliphatic carbocycles. The van der Waals surface area contributed by atoms with Crippen LogP contribution in [0.25, 0.3) is 0 Å². The highest BCUT2D eigenvalue weighted by Gasteiger charge is 2.37. The van der Waals surface area contributed by atoms with E-state index in [-0.39, 0.29) is 34.1 Å². The van der Waals surface area contributed by atoms with Crippen LogP contribution in [-0.2, 0) is 23.1 Å². The second-order valence-corrected chi connectivity index (χ2v) is 8.82. The van der Waals surface area contributed by atoms with Crippen molar-refractivity contribution in [2.45, 2.75) is 18.0 Å². The molecule has 1 heterocycles. The molecule has 0 saturated heterocycles. The van der Waals surface area contributed by atoms with Gasteiger partial charge in [0.25, 0.3) is 5.91 Å². The van der Waals surface area contributed by atoms with Crippen LogP contribution in [0, 0.1) is 5.82 Å². The summed E-state index contributed by atoms with van der Waals surface area (Å²) in [5.74, 6) is -2.62. The number of carbonyl (C=O) groups excluding carboxylic acids is 1. The van der Waals surface area contributed by atoms with Crippen LogP contribution in [0.15, 0.2) is 29.2 Å². The number of benzene rings is 2. The Labute approximate surface area is 160 Å². The van der Waals surface area contributed by atoms with Crippen molar-refractivity contribution in [3.8, 4) is 11.5 Å². The number of nitrogens with zero attached hydrogens (tertiary/aromatic N) is 2. The van der Waals surface area contributed by atoms with Gasteiger partial charge >= 0.3 is 0 Å². The van der Waals surface area contributed by atoms with Gasteiger partial charge in [-0.1, -0.05) is 17.7 Å². The van der Waals surface area contributed by atoms with E-state index >= 15 is 0 Å². The quantitative estimate of drug-likeness (QED) is 0.748. The van der Waals surface area contributed by atoms with Crippen molar-refractivity contribution in [3.63, 3.8) is 0 Å². The Morgan fingerprint density at radius 2 is 1.93 bits per heavy atom. The van der Waals surface area contributed by atoms with Gasteiger partial charge in [0.2, 0.25) is 10.0 Å². The van der Waals surface area contributed by atoms with E-state index in [9.17, 15) is 27.8 Å². The Hall–Kier alpha value is -2.36. The van der Waals surface area contributed by atoms with Crippen molar-refractivity contribution < 1.29 is 27.8 Å². The summed E-state index contributed by atoms with van der Waals surface area (Å²) in [7, 11) is -1.32. The molecule has 2 aromatic rings. The van der Waals surface area contributed by atoms with Crippen LogP contribution < -0.4 is 0 Å². The fraction of sp³-hybridized carbons (Fsp3) is 0.235. The van der Waals surface area contributed by atoms with Crippen molar-refractivity contribution in [2.24, 2.45) is 0 Å². The number of amides is 1. The Bertz CT molecular complexity index is 1060. The molecule has 1 aliphatic heterocycles. The summed E-state index contributed by atoms with van der Waals surface area (Å²) in [6.45, 7) is -0.0748. The number of phenols is 2. The molecule has 0 saturated carbocycles. The molecule has 0 bridgehead atoms. The summed E-state index contributed by atoms with van der Waals surface area (Å²) < 4.78 is 39.4. The molecule has 2 aromatic carbocycles. The number of hydrogen-bond acceptors (Lipinski definition) is 5. The molecular formula is C17H16ClFN2O5S. The molecule has 0 radical (unpaired) electrons. The molecule has 3 rings (SSSR count). The summed E-state index contributed by atoms with van der Waals surface area (Å²) in [5.41, 5.74) is 0.365. The molecule has 0 atom stereocenters. The number of rotatable bonds is 4. The van der Waals surface area contributed by atoms with E-state index in [4.69, 9.17) is 11.6 Å². The molecule has 0 unspecified atom stereocenters. The van der Waals surface area contributed by atoms with Gasteiger partial charge in [-0.05, 0) is 17.7 Å². The van der Waals surface area contributed by atoms with Gasteiger partial charge in [0.15, 0.2) is 11.5 Å². The Balaban J connectivity index is 2.06. The SMILES string of the molecule is CN(C)S(=O)(=O)c1cc(O)c(O)c2c1CN(Cc1ccc(F)c(Cl)c1)C2=O. The largest absolute Gasteiger partial charge is 0.504 e. The summed E-state index contributed by atoms with van der Waals surface area (Å²) in [6, 6.07) is 4.90. The van der Waals surface area contributed by atoms with E-state index in [0.717, 1.165) is 16.4 Å². The van der Waals surface area contributed by atoms with Crippen molar-refractivity contribution in [2.75, 3.05) is 14.1 Å². The Morgan fingerprint density at radius 3 is 2.52 bits per heavy atom. The van der Waals surface area contributed by atoms with Gasteiger partial charge in [0.1, 0.15) is 5.82 Å². The third-order valence-electron chi connectivity index (χ3n) is 4.31. The highest BCUT2D eigenvalue weighted by atomic mass is 35.5. The fourth-order valence-electron chi connectivity index (χ4n) is 2.89. The molecule has 0 spiro atoms. The number of sulfonamides is 1. The first-order chi connectivity index (χ1) is 12.5. The minimum absolute atomic E-state index is 0.0230. The van der Waals surface area contributed by atoms with Crippen LogP contribution in [0.3, 0.4) is 0 Å². The predicted octanol–water partition coefficient (Wildman–Crippen LogP) is 2.30. The van der Waals surface area contributed by atoms with Crippen LogP contribution in [0.1, 0.15) is 21.5 Å². The molecular weight excluding hydrogens is 399 g/mol. The molecule has 1 amide bonds. The third-order valence-corrected chi connectivity index (χ3v) is 6.48. The van der Waals surface area contributed by atoms with E-state index in [2.05, 4.69) is 0 Å². The zero-order valence-corrected chi connectivity index (χ0v) is 16.0. The van der Waals surface area contributed by atoms with Gasteiger partial charge in [-0.25, -0.2) is 17.1 Å². The first-order valence-electron chi connectivity index (χ1n) is 7.77. The summed E-state index contributed by atoms with van der Waals surface area (Å²) >= 11 is 5.75.